The van der Waals surface area contributed by atoms with Crippen LogP contribution >= 0.6 is 0 Å². The fourth-order valence-electron chi connectivity index (χ4n) is 3.52. The molecule has 0 radical (unpaired) electrons. The predicted octanol–water partition coefficient (Wildman–Crippen LogP) is 3.37. The van der Waals surface area contributed by atoms with E-state index < -0.39 is 23.3 Å². The smallest absolute Gasteiger partial charge is 0.164 e. The Morgan fingerprint density at radius 3 is 2.67 bits per heavy atom. The van der Waals surface area contributed by atoms with Gasteiger partial charge in [-0.05, 0) is 31.2 Å². The molecule has 0 aromatic heterocycles. The van der Waals surface area contributed by atoms with E-state index in [1.807, 2.05) is 0 Å². The number of rotatable bonds is 4. The molecule has 3 unspecified atom stereocenters. The number of hydrogen-bond donors (Lipinski definition) is 2. The normalized spacial score (nSPS) is 27.6. The lowest BCUT2D eigenvalue weighted by atomic mass is 9.72. The average Bonchev–Trinajstić information content (AvgIpc) is 2.48. The Hall–Kier alpha value is -1.04. The van der Waals surface area contributed by atoms with Crippen molar-refractivity contribution in [3.63, 3.8) is 0 Å². The number of hydrazine groups is 1. The maximum Gasteiger partial charge on any atom is 0.164 e. The highest BCUT2D eigenvalue weighted by molar-refractivity contribution is 5.30. The van der Waals surface area contributed by atoms with E-state index in [2.05, 4.69) is 12.3 Å². The van der Waals surface area contributed by atoms with Gasteiger partial charge < -0.3 is 4.74 Å². The van der Waals surface area contributed by atoms with Gasteiger partial charge in [0.2, 0.25) is 0 Å². The number of ether oxygens (including phenoxy) is 1. The van der Waals surface area contributed by atoms with Crippen LogP contribution in [0.4, 0.5) is 8.78 Å². The predicted molar refractivity (Wildman–Crippen MR) is 78.5 cm³/mol. The van der Waals surface area contributed by atoms with Gasteiger partial charge in [-0.15, -0.1) is 0 Å². The first kappa shape index (κ1) is 16.3. The minimum Gasteiger partial charge on any atom is -0.376 e. The molecule has 5 heteroatoms. The summed E-state index contributed by atoms with van der Waals surface area (Å²) in [5.41, 5.74) is 2.57. The van der Waals surface area contributed by atoms with Crippen molar-refractivity contribution in [2.75, 3.05) is 7.11 Å². The Bertz CT molecular complexity index is 509. The summed E-state index contributed by atoms with van der Waals surface area (Å²) in [5.74, 6) is 4.49. The second-order valence-corrected chi connectivity index (χ2v) is 6.17. The van der Waals surface area contributed by atoms with Crippen molar-refractivity contribution in [1.29, 1.82) is 0 Å². The molecule has 2 rings (SSSR count). The van der Waals surface area contributed by atoms with Crippen LogP contribution in [-0.4, -0.2) is 12.7 Å². The number of nitrogens with one attached hydrogen (secondary N) is 1. The number of nitrogens with two attached hydrogens (primary N) is 1. The van der Waals surface area contributed by atoms with Crippen LogP contribution in [0.5, 0.6) is 0 Å². The molecule has 0 saturated heterocycles. The standard InChI is InChI=1S/C16H24F2N2O/c1-10-5-4-8-16(9-10,21-3)15(20-19)12-7-6-11(2)13(17)14(12)18/h6-7,10,15,20H,4-5,8-9,19H2,1-3H3. The first-order valence-electron chi connectivity index (χ1n) is 7.41. The molecule has 0 heterocycles. The molecule has 1 fully saturated rings. The number of hydrogen-bond acceptors (Lipinski definition) is 3. The minimum atomic E-state index is -0.840. The van der Waals surface area contributed by atoms with Gasteiger partial charge in [-0.25, -0.2) is 14.2 Å². The van der Waals surface area contributed by atoms with Crippen molar-refractivity contribution in [3.8, 4) is 0 Å². The molecule has 118 valence electrons. The second-order valence-electron chi connectivity index (χ2n) is 6.17. The van der Waals surface area contributed by atoms with E-state index in [1.165, 1.54) is 0 Å². The zero-order valence-electron chi connectivity index (χ0n) is 12.9. The first-order chi connectivity index (χ1) is 9.95. The molecule has 0 spiro atoms. The van der Waals surface area contributed by atoms with Crippen molar-refractivity contribution >= 4 is 0 Å². The van der Waals surface area contributed by atoms with E-state index >= 15 is 0 Å². The summed E-state index contributed by atoms with van der Waals surface area (Å²) in [4.78, 5) is 0. The molecule has 1 aromatic carbocycles. The first-order valence-corrected chi connectivity index (χ1v) is 7.41. The lowest BCUT2D eigenvalue weighted by Gasteiger charge is -2.44. The highest BCUT2D eigenvalue weighted by atomic mass is 19.2. The van der Waals surface area contributed by atoms with Crippen LogP contribution in [0.25, 0.3) is 0 Å². The van der Waals surface area contributed by atoms with Gasteiger partial charge in [0, 0.05) is 12.7 Å². The molecule has 3 N–H and O–H groups in total. The number of aryl methyl sites for hydroxylation is 1. The Morgan fingerprint density at radius 1 is 1.38 bits per heavy atom. The van der Waals surface area contributed by atoms with Crippen LogP contribution in [-0.2, 0) is 4.74 Å². The summed E-state index contributed by atoms with van der Waals surface area (Å²) in [7, 11) is 1.62. The Balaban J connectivity index is 2.45. The van der Waals surface area contributed by atoms with Gasteiger partial charge in [0.05, 0.1) is 11.6 Å². The molecule has 1 aliphatic rings. The van der Waals surface area contributed by atoms with E-state index in [9.17, 15) is 8.78 Å². The third-order valence-electron chi connectivity index (χ3n) is 4.71. The molecule has 0 aliphatic heterocycles. The molecule has 0 amide bonds. The van der Waals surface area contributed by atoms with Gasteiger partial charge in [-0.2, -0.15) is 0 Å². The highest BCUT2D eigenvalue weighted by Gasteiger charge is 2.44. The monoisotopic (exact) mass is 298 g/mol. The van der Waals surface area contributed by atoms with Crippen LogP contribution in [0, 0.1) is 24.5 Å². The maximum atomic E-state index is 14.3. The van der Waals surface area contributed by atoms with Crippen molar-refractivity contribution < 1.29 is 13.5 Å². The van der Waals surface area contributed by atoms with E-state index in [4.69, 9.17) is 10.6 Å². The Labute approximate surface area is 124 Å². The summed E-state index contributed by atoms with van der Waals surface area (Å²) < 4.78 is 34.0. The third-order valence-corrected chi connectivity index (χ3v) is 4.71. The lowest BCUT2D eigenvalue weighted by Crippen LogP contribution is -2.50. The topological polar surface area (TPSA) is 47.3 Å². The maximum absolute atomic E-state index is 14.3. The zero-order valence-corrected chi connectivity index (χ0v) is 12.9. The summed E-state index contributed by atoms with van der Waals surface area (Å²) >= 11 is 0. The average molecular weight is 298 g/mol. The molecular formula is C16H24F2N2O. The van der Waals surface area contributed by atoms with E-state index in [0.717, 1.165) is 25.7 Å². The van der Waals surface area contributed by atoms with Gasteiger partial charge in [0.25, 0.3) is 0 Å². The highest BCUT2D eigenvalue weighted by Crippen LogP contribution is 2.43. The molecule has 3 nitrogen and oxygen atoms in total. The van der Waals surface area contributed by atoms with Crippen LogP contribution < -0.4 is 11.3 Å². The van der Waals surface area contributed by atoms with Crippen molar-refractivity contribution in [2.45, 2.75) is 51.2 Å². The molecule has 21 heavy (non-hydrogen) atoms. The van der Waals surface area contributed by atoms with Gasteiger partial charge in [0.15, 0.2) is 11.6 Å². The summed E-state index contributed by atoms with van der Waals surface area (Å²) in [6, 6.07) is 2.60. The van der Waals surface area contributed by atoms with Crippen molar-refractivity contribution in [2.24, 2.45) is 11.8 Å². The quantitative estimate of drug-likeness (QED) is 0.662. The van der Waals surface area contributed by atoms with E-state index in [0.29, 0.717) is 5.92 Å². The third kappa shape index (κ3) is 2.96. The lowest BCUT2D eigenvalue weighted by molar-refractivity contribution is -0.0814. The van der Waals surface area contributed by atoms with E-state index in [1.54, 1.807) is 26.2 Å². The van der Waals surface area contributed by atoms with Crippen LogP contribution in [0.3, 0.4) is 0 Å². The SMILES string of the molecule is COC1(C(NN)c2ccc(C)c(F)c2F)CCCC(C)C1. The Morgan fingerprint density at radius 2 is 2.10 bits per heavy atom. The second kappa shape index (κ2) is 6.38. The Kier molecular flexibility index (Phi) is 4.96. The molecule has 1 aliphatic carbocycles. The van der Waals surface area contributed by atoms with Gasteiger partial charge in [0.1, 0.15) is 0 Å². The number of benzene rings is 1. The van der Waals surface area contributed by atoms with E-state index in [-0.39, 0.29) is 11.1 Å². The molecular weight excluding hydrogens is 274 g/mol. The molecule has 1 saturated carbocycles. The summed E-state index contributed by atoms with van der Waals surface area (Å²) in [6.07, 6.45) is 3.65. The summed E-state index contributed by atoms with van der Waals surface area (Å²) in [5, 5.41) is 0. The fraction of sp³-hybridized carbons (Fsp3) is 0.625. The van der Waals surface area contributed by atoms with Crippen LogP contribution in [0.1, 0.15) is 49.8 Å². The molecule has 0 bridgehead atoms. The van der Waals surface area contributed by atoms with Gasteiger partial charge >= 0.3 is 0 Å². The van der Waals surface area contributed by atoms with Crippen LogP contribution in [0.15, 0.2) is 12.1 Å². The van der Waals surface area contributed by atoms with Crippen molar-refractivity contribution in [3.05, 3.63) is 34.9 Å². The largest absolute Gasteiger partial charge is 0.376 e. The number of halogens is 2. The molecule has 3 atom stereocenters. The minimum absolute atomic E-state index is 0.233. The van der Waals surface area contributed by atoms with Gasteiger partial charge in [-0.3, -0.25) is 5.84 Å². The fourth-order valence-corrected chi connectivity index (χ4v) is 3.52. The zero-order chi connectivity index (χ0) is 15.6. The van der Waals surface area contributed by atoms with Crippen molar-refractivity contribution in [1.82, 2.24) is 5.43 Å². The van der Waals surface area contributed by atoms with Crippen LogP contribution in [0.2, 0.25) is 0 Å². The van der Waals surface area contributed by atoms with Gasteiger partial charge in [-0.1, -0.05) is 31.9 Å². The summed E-state index contributed by atoms with van der Waals surface area (Å²) in [6.45, 7) is 3.69. The number of methoxy groups -OCH3 is 1. The molecule has 1 aromatic rings.